The van der Waals surface area contributed by atoms with Crippen LogP contribution < -0.4 is 21.7 Å². The fourth-order valence-electron chi connectivity index (χ4n) is 1.84. The average molecular weight is 308 g/mol. The molecule has 2 rings (SSSR count). The summed E-state index contributed by atoms with van der Waals surface area (Å²) in [4.78, 5) is 33.9. The molecule has 1 fully saturated rings. The number of benzene rings is 1. The molecule has 0 spiro atoms. The van der Waals surface area contributed by atoms with Crippen molar-refractivity contribution in [3.63, 3.8) is 0 Å². The van der Waals surface area contributed by atoms with Crippen molar-refractivity contribution in [1.29, 1.82) is 0 Å². The Kier molecular flexibility index (Phi) is 4.59. The number of hydrogen-bond donors (Lipinski definition) is 4. The van der Waals surface area contributed by atoms with Gasteiger partial charge in [-0.1, -0.05) is 0 Å². The molecule has 1 unspecified atom stereocenters. The number of hydrogen-bond acceptors (Lipinski definition) is 4. The van der Waals surface area contributed by atoms with Crippen LogP contribution in [-0.4, -0.2) is 23.9 Å². The number of anilines is 2. The lowest BCUT2D eigenvalue weighted by Gasteiger charge is -2.15. The van der Waals surface area contributed by atoms with Crippen LogP contribution in [0.5, 0.6) is 0 Å². The van der Waals surface area contributed by atoms with E-state index in [2.05, 4.69) is 10.6 Å². The molecular weight excluding hydrogens is 291 g/mol. The molecule has 0 aromatic heterocycles. The third-order valence-corrected chi connectivity index (χ3v) is 3.20. The van der Waals surface area contributed by atoms with Crippen molar-refractivity contribution in [2.24, 2.45) is 11.7 Å². The highest BCUT2D eigenvalue weighted by molar-refractivity contribution is 5.97. The summed E-state index contributed by atoms with van der Waals surface area (Å²) in [7, 11) is 0. The first-order valence-corrected chi connectivity index (χ1v) is 6.84. The summed E-state index contributed by atoms with van der Waals surface area (Å²) in [5.41, 5.74) is 5.34. The van der Waals surface area contributed by atoms with Crippen LogP contribution in [0.3, 0.4) is 0 Å². The zero-order chi connectivity index (χ0) is 16.3. The Morgan fingerprint density at radius 2 is 2.00 bits per heavy atom. The average Bonchev–Trinajstić information content (AvgIpc) is 3.26. The summed E-state index contributed by atoms with van der Waals surface area (Å²) in [6.07, 6.45) is 1.63. The van der Waals surface area contributed by atoms with Crippen molar-refractivity contribution < 1.29 is 18.8 Å². The van der Waals surface area contributed by atoms with Crippen LogP contribution in [0.4, 0.5) is 20.6 Å². The highest BCUT2D eigenvalue weighted by atomic mass is 19.1. The first-order valence-electron chi connectivity index (χ1n) is 6.84. The number of nitrogens with two attached hydrogens (primary N) is 1. The largest absolute Gasteiger partial charge is 0.374 e. The van der Waals surface area contributed by atoms with Crippen LogP contribution in [-0.2, 0) is 9.59 Å². The van der Waals surface area contributed by atoms with Gasteiger partial charge < -0.3 is 16.4 Å². The zero-order valence-electron chi connectivity index (χ0n) is 12.0. The Balaban J connectivity index is 2.03. The van der Waals surface area contributed by atoms with Crippen molar-refractivity contribution in [2.45, 2.75) is 25.8 Å². The van der Waals surface area contributed by atoms with Crippen LogP contribution in [0.15, 0.2) is 18.2 Å². The molecule has 1 atom stereocenters. The van der Waals surface area contributed by atoms with Crippen LogP contribution in [0.1, 0.15) is 19.8 Å². The van der Waals surface area contributed by atoms with E-state index in [4.69, 9.17) is 5.73 Å². The van der Waals surface area contributed by atoms with Gasteiger partial charge in [0.05, 0.1) is 5.69 Å². The number of amides is 4. The first-order chi connectivity index (χ1) is 10.4. The minimum absolute atomic E-state index is 0.0451. The van der Waals surface area contributed by atoms with Crippen LogP contribution in [0.25, 0.3) is 0 Å². The third-order valence-electron chi connectivity index (χ3n) is 3.20. The van der Waals surface area contributed by atoms with E-state index in [1.54, 1.807) is 0 Å². The zero-order valence-corrected chi connectivity index (χ0v) is 12.0. The van der Waals surface area contributed by atoms with Crippen molar-refractivity contribution in [3.8, 4) is 0 Å². The molecule has 1 aromatic rings. The lowest BCUT2D eigenvalue weighted by Crippen LogP contribution is -2.43. The smallest absolute Gasteiger partial charge is 0.318 e. The Morgan fingerprint density at radius 3 is 2.59 bits per heavy atom. The molecule has 1 aromatic carbocycles. The molecule has 0 bridgehead atoms. The van der Waals surface area contributed by atoms with Gasteiger partial charge in [0.25, 0.3) is 0 Å². The number of carbonyl (C=O) groups excluding carboxylic acids is 3. The quantitative estimate of drug-likeness (QED) is 0.654. The lowest BCUT2D eigenvalue weighted by atomic mass is 10.2. The number of carbonyl (C=O) groups is 3. The fourth-order valence-corrected chi connectivity index (χ4v) is 1.84. The van der Waals surface area contributed by atoms with Crippen LogP contribution in [0.2, 0.25) is 0 Å². The van der Waals surface area contributed by atoms with Gasteiger partial charge >= 0.3 is 6.03 Å². The van der Waals surface area contributed by atoms with Gasteiger partial charge in [0.1, 0.15) is 11.9 Å². The predicted molar refractivity (Wildman–Crippen MR) is 78.6 cm³/mol. The van der Waals surface area contributed by atoms with Gasteiger partial charge in [-0.25, -0.2) is 9.18 Å². The molecule has 1 aliphatic carbocycles. The molecule has 22 heavy (non-hydrogen) atoms. The maximum absolute atomic E-state index is 13.7. The normalized spacial score (nSPS) is 14.8. The summed E-state index contributed by atoms with van der Waals surface area (Å²) < 4.78 is 13.7. The van der Waals surface area contributed by atoms with Crippen molar-refractivity contribution >= 4 is 29.2 Å². The van der Waals surface area contributed by atoms with E-state index in [1.807, 2.05) is 5.32 Å². The predicted octanol–water partition coefficient (Wildman–Crippen LogP) is 1.17. The highest BCUT2D eigenvalue weighted by Crippen LogP contribution is 2.31. The second kappa shape index (κ2) is 6.42. The Labute approximate surface area is 126 Å². The number of rotatable bonds is 5. The Bertz CT molecular complexity index is 616. The number of imide groups is 1. The minimum atomic E-state index is -0.949. The fraction of sp³-hybridized carbons (Fsp3) is 0.357. The van der Waals surface area contributed by atoms with E-state index in [9.17, 15) is 18.8 Å². The molecule has 8 heteroatoms. The SMILES string of the molecule is CC(Nc1ccc(F)c(NC(=O)C2CC2)c1)C(=O)NC(N)=O. The molecule has 7 nitrogen and oxygen atoms in total. The molecule has 0 radical (unpaired) electrons. The molecule has 0 heterocycles. The van der Waals surface area contributed by atoms with Gasteiger partial charge in [-0.2, -0.15) is 0 Å². The monoisotopic (exact) mass is 308 g/mol. The summed E-state index contributed by atoms with van der Waals surface area (Å²) >= 11 is 0. The molecule has 0 aliphatic heterocycles. The molecule has 4 amide bonds. The third kappa shape index (κ3) is 4.18. The lowest BCUT2D eigenvalue weighted by molar-refractivity contribution is -0.120. The van der Waals surface area contributed by atoms with E-state index in [-0.39, 0.29) is 17.5 Å². The van der Waals surface area contributed by atoms with Crippen molar-refractivity contribution in [3.05, 3.63) is 24.0 Å². The van der Waals surface area contributed by atoms with E-state index in [0.29, 0.717) is 5.69 Å². The van der Waals surface area contributed by atoms with Gasteiger partial charge in [-0.15, -0.1) is 0 Å². The van der Waals surface area contributed by atoms with Crippen LogP contribution in [0, 0.1) is 11.7 Å². The Morgan fingerprint density at radius 1 is 1.32 bits per heavy atom. The van der Waals surface area contributed by atoms with Gasteiger partial charge in [0.15, 0.2) is 0 Å². The second-order valence-electron chi connectivity index (χ2n) is 5.18. The standard InChI is InChI=1S/C14H17FN4O3/c1-7(12(20)19-14(16)22)17-9-4-5-10(15)11(6-9)18-13(21)8-2-3-8/h4-8,17H,2-3H2,1H3,(H,18,21)(H3,16,19,20,22). The number of halogens is 1. The molecule has 1 aliphatic rings. The van der Waals surface area contributed by atoms with E-state index < -0.39 is 23.8 Å². The van der Waals surface area contributed by atoms with Gasteiger partial charge in [-0.05, 0) is 38.0 Å². The van der Waals surface area contributed by atoms with E-state index in [1.165, 1.54) is 25.1 Å². The Hall–Kier alpha value is -2.64. The summed E-state index contributed by atoms with van der Waals surface area (Å²) in [5.74, 6) is -1.43. The molecule has 1 saturated carbocycles. The molecule has 0 saturated heterocycles. The molecule has 5 N–H and O–H groups in total. The molecular formula is C14H17FN4O3. The minimum Gasteiger partial charge on any atom is -0.374 e. The highest BCUT2D eigenvalue weighted by Gasteiger charge is 2.30. The maximum atomic E-state index is 13.7. The topological polar surface area (TPSA) is 113 Å². The summed E-state index contributed by atoms with van der Waals surface area (Å²) in [6.45, 7) is 1.52. The number of nitrogens with one attached hydrogen (secondary N) is 3. The second-order valence-corrected chi connectivity index (χ2v) is 5.18. The van der Waals surface area contributed by atoms with Gasteiger partial charge in [0.2, 0.25) is 11.8 Å². The summed E-state index contributed by atoms with van der Waals surface area (Å²) in [5, 5.41) is 7.25. The van der Waals surface area contributed by atoms with E-state index >= 15 is 0 Å². The molecule has 118 valence electrons. The van der Waals surface area contributed by atoms with Crippen LogP contribution >= 0.6 is 0 Å². The summed E-state index contributed by atoms with van der Waals surface area (Å²) in [6, 6.07) is 2.30. The van der Waals surface area contributed by atoms with E-state index in [0.717, 1.165) is 12.8 Å². The van der Waals surface area contributed by atoms with Crippen molar-refractivity contribution in [1.82, 2.24) is 5.32 Å². The maximum Gasteiger partial charge on any atom is 0.318 e. The van der Waals surface area contributed by atoms with Gasteiger partial charge in [-0.3, -0.25) is 14.9 Å². The van der Waals surface area contributed by atoms with Gasteiger partial charge in [0, 0.05) is 11.6 Å². The first kappa shape index (κ1) is 15.7. The van der Waals surface area contributed by atoms with Crippen molar-refractivity contribution in [2.75, 3.05) is 10.6 Å². The number of urea groups is 1. The number of primary amides is 1.